The average molecular weight is 234 g/mol. The Labute approximate surface area is 99.9 Å². The predicted octanol–water partition coefficient (Wildman–Crippen LogP) is 2.56. The van der Waals surface area contributed by atoms with Crippen LogP contribution in [0.4, 0.5) is 4.39 Å². The zero-order valence-electron chi connectivity index (χ0n) is 10.2. The molecule has 3 nitrogen and oxygen atoms in total. The molecule has 0 radical (unpaired) electrons. The third-order valence-corrected chi connectivity index (χ3v) is 2.60. The Morgan fingerprint density at radius 3 is 2.47 bits per heavy atom. The summed E-state index contributed by atoms with van der Waals surface area (Å²) in [6.45, 7) is 5.70. The smallest absolute Gasteiger partial charge is 0.249 e. The van der Waals surface area contributed by atoms with Crippen molar-refractivity contribution in [2.75, 3.05) is 0 Å². The number of carbonyl (C=O) groups is 1. The van der Waals surface area contributed by atoms with E-state index >= 15 is 0 Å². The van der Waals surface area contributed by atoms with Gasteiger partial charge in [-0.05, 0) is 26.8 Å². The zero-order chi connectivity index (χ0) is 12.6. The molecule has 0 N–H and O–H groups in total. The summed E-state index contributed by atoms with van der Waals surface area (Å²) >= 11 is 0. The second-order valence-electron chi connectivity index (χ2n) is 5.08. The molecule has 1 aromatic rings. The Morgan fingerprint density at radius 2 is 1.94 bits per heavy atom. The standard InChI is InChI=1S/C13H15FN2O/c1-13(2,3)16-12(17)8-11(15-16)9-6-4-5-7-10(9)14/h4-7H,8H2,1-3H3. The molecule has 0 unspecified atom stereocenters. The lowest BCUT2D eigenvalue weighted by atomic mass is 10.1. The Kier molecular flexibility index (Phi) is 2.73. The van der Waals surface area contributed by atoms with Gasteiger partial charge in [-0.15, -0.1) is 0 Å². The van der Waals surface area contributed by atoms with E-state index in [9.17, 15) is 9.18 Å². The van der Waals surface area contributed by atoms with Crippen LogP contribution in [0.15, 0.2) is 29.4 Å². The molecule has 1 aromatic carbocycles. The van der Waals surface area contributed by atoms with Crippen LogP contribution in [0.3, 0.4) is 0 Å². The first-order chi connectivity index (χ1) is 7.89. The highest BCUT2D eigenvalue weighted by Gasteiger charge is 2.33. The molecule has 2 rings (SSSR count). The molecule has 0 fully saturated rings. The van der Waals surface area contributed by atoms with Crippen LogP contribution in [0.5, 0.6) is 0 Å². The van der Waals surface area contributed by atoms with Gasteiger partial charge in [0.2, 0.25) is 5.91 Å². The molecule has 0 saturated heterocycles. The van der Waals surface area contributed by atoms with E-state index in [1.54, 1.807) is 18.2 Å². The van der Waals surface area contributed by atoms with E-state index in [1.165, 1.54) is 11.1 Å². The van der Waals surface area contributed by atoms with Crippen molar-refractivity contribution in [2.45, 2.75) is 32.7 Å². The normalized spacial score (nSPS) is 16.4. The molecule has 1 heterocycles. The van der Waals surface area contributed by atoms with Gasteiger partial charge in [0.1, 0.15) is 5.82 Å². The number of benzene rings is 1. The number of carbonyl (C=O) groups excluding carboxylic acids is 1. The van der Waals surface area contributed by atoms with Gasteiger partial charge >= 0.3 is 0 Å². The van der Waals surface area contributed by atoms with Gasteiger partial charge in [-0.1, -0.05) is 18.2 Å². The molecule has 1 aliphatic rings. The Hall–Kier alpha value is -1.71. The van der Waals surface area contributed by atoms with Gasteiger partial charge in [-0.2, -0.15) is 5.10 Å². The Morgan fingerprint density at radius 1 is 1.29 bits per heavy atom. The number of nitrogens with zero attached hydrogens (tertiary/aromatic N) is 2. The van der Waals surface area contributed by atoms with Crippen molar-refractivity contribution in [3.63, 3.8) is 0 Å². The first-order valence-electron chi connectivity index (χ1n) is 5.55. The van der Waals surface area contributed by atoms with Crippen LogP contribution in [-0.4, -0.2) is 22.2 Å². The van der Waals surface area contributed by atoms with Crippen molar-refractivity contribution < 1.29 is 9.18 Å². The van der Waals surface area contributed by atoms with Gasteiger partial charge in [0.05, 0.1) is 17.7 Å². The molecule has 1 aliphatic heterocycles. The van der Waals surface area contributed by atoms with Crippen LogP contribution in [0, 0.1) is 5.82 Å². The van der Waals surface area contributed by atoms with Gasteiger partial charge in [0.15, 0.2) is 0 Å². The number of hydrogen-bond donors (Lipinski definition) is 0. The fourth-order valence-electron chi connectivity index (χ4n) is 1.80. The number of rotatable bonds is 1. The van der Waals surface area contributed by atoms with Crippen molar-refractivity contribution in [1.29, 1.82) is 0 Å². The van der Waals surface area contributed by atoms with E-state index < -0.39 is 0 Å². The summed E-state index contributed by atoms with van der Waals surface area (Å²) in [5.41, 5.74) is 0.542. The van der Waals surface area contributed by atoms with Gasteiger partial charge in [0.25, 0.3) is 0 Å². The predicted molar refractivity (Wildman–Crippen MR) is 64.2 cm³/mol. The molecule has 90 valence electrons. The van der Waals surface area contributed by atoms with Crippen molar-refractivity contribution in [3.8, 4) is 0 Å². The van der Waals surface area contributed by atoms with Gasteiger partial charge < -0.3 is 0 Å². The van der Waals surface area contributed by atoms with Crippen molar-refractivity contribution >= 4 is 11.6 Å². The van der Waals surface area contributed by atoms with Gasteiger partial charge in [-0.25, -0.2) is 9.40 Å². The van der Waals surface area contributed by atoms with Crippen molar-refractivity contribution in [2.24, 2.45) is 5.10 Å². The van der Waals surface area contributed by atoms with Crippen LogP contribution in [0.25, 0.3) is 0 Å². The molecular weight excluding hydrogens is 219 g/mol. The van der Waals surface area contributed by atoms with E-state index in [0.29, 0.717) is 11.3 Å². The third kappa shape index (κ3) is 2.20. The van der Waals surface area contributed by atoms with Crippen LogP contribution in [-0.2, 0) is 4.79 Å². The highest BCUT2D eigenvalue weighted by atomic mass is 19.1. The number of hydrazone groups is 1. The molecule has 4 heteroatoms. The lowest BCUT2D eigenvalue weighted by Gasteiger charge is -2.27. The molecule has 0 saturated carbocycles. The summed E-state index contributed by atoms with van der Waals surface area (Å²) < 4.78 is 13.6. The van der Waals surface area contributed by atoms with Gasteiger partial charge in [-0.3, -0.25) is 4.79 Å². The summed E-state index contributed by atoms with van der Waals surface area (Å²) in [4.78, 5) is 11.8. The summed E-state index contributed by atoms with van der Waals surface area (Å²) in [7, 11) is 0. The minimum Gasteiger partial charge on any atom is -0.272 e. The highest BCUT2D eigenvalue weighted by molar-refractivity contribution is 6.13. The molecule has 17 heavy (non-hydrogen) atoms. The molecular formula is C13H15FN2O. The molecule has 0 atom stereocenters. The minimum atomic E-state index is -0.371. The monoisotopic (exact) mass is 234 g/mol. The molecule has 0 bridgehead atoms. The first kappa shape index (κ1) is 11.8. The number of amides is 1. The highest BCUT2D eigenvalue weighted by Crippen LogP contribution is 2.24. The number of hydrogen-bond acceptors (Lipinski definition) is 2. The maximum Gasteiger partial charge on any atom is 0.249 e. The molecule has 0 aliphatic carbocycles. The maximum absolute atomic E-state index is 13.6. The first-order valence-corrected chi connectivity index (χ1v) is 5.55. The molecule has 0 spiro atoms. The zero-order valence-corrected chi connectivity index (χ0v) is 10.2. The second kappa shape index (κ2) is 3.95. The fourth-order valence-corrected chi connectivity index (χ4v) is 1.80. The van der Waals surface area contributed by atoms with E-state index in [4.69, 9.17) is 0 Å². The summed E-state index contributed by atoms with van der Waals surface area (Å²) in [6.07, 6.45) is 0.165. The Bertz CT molecular complexity index is 488. The van der Waals surface area contributed by atoms with Crippen LogP contribution >= 0.6 is 0 Å². The summed E-state index contributed by atoms with van der Waals surface area (Å²) in [6, 6.07) is 6.39. The van der Waals surface area contributed by atoms with E-state index in [-0.39, 0.29) is 23.7 Å². The topological polar surface area (TPSA) is 32.7 Å². The van der Waals surface area contributed by atoms with E-state index in [2.05, 4.69) is 5.10 Å². The van der Waals surface area contributed by atoms with Crippen molar-refractivity contribution in [1.82, 2.24) is 5.01 Å². The largest absolute Gasteiger partial charge is 0.272 e. The lowest BCUT2D eigenvalue weighted by molar-refractivity contribution is -0.133. The second-order valence-corrected chi connectivity index (χ2v) is 5.08. The minimum absolute atomic E-state index is 0.0873. The number of halogens is 1. The van der Waals surface area contributed by atoms with Crippen LogP contribution in [0.2, 0.25) is 0 Å². The molecule has 0 aromatic heterocycles. The SMILES string of the molecule is CC(C)(C)N1N=C(c2ccccc2F)CC1=O. The van der Waals surface area contributed by atoms with Crippen LogP contribution in [0.1, 0.15) is 32.8 Å². The van der Waals surface area contributed by atoms with Gasteiger partial charge in [0, 0.05) is 5.56 Å². The molecule has 1 amide bonds. The fraction of sp³-hybridized carbons (Fsp3) is 0.385. The average Bonchev–Trinajstić information content (AvgIpc) is 2.60. The van der Waals surface area contributed by atoms with Crippen LogP contribution < -0.4 is 0 Å². The third-order valence-electron chi connectivity index (χ3n) is 2.60. The van der Waals surface area contributed by atoms with E-state index in [1.807, 2.05) is 20.8 Å². The summed E-state index contributed by atoms with van der Waals surface area (Å²) in [5.74, 6) is -0.425. The quantitative estimate of drug-likeness (QED) is 0.735. The lowest BCUT2D eigenvalue weighted by Crippen LogP contribution is -2.38. The van der Waals surface area contributed by atoms with Crippen molar-refractivity contribution in [3.05, 3.63) is 35.6 Å². The Balaban J connectivity index is 2.37. The van der Waals surface area contributed by atoms with E-state index in [0.717, 1.165) is 0 Å². The summed E-state index contributed by atoms with van der Waals surface area (Å²) in [5, 5.41) is 5.66. The maximum atomic E-state index is 13.6.